The Morgan fingerprint density at radius 1 is 1.11 bits per heavy atom. The fourth-order valence-corrected chi connectivity index (χ4v) is 10.6. The summed E-state index contributed by atoms with van der Waals surface area (Å²) in [4.78, 5) is 2.54. The number of likely N-dealkylation sites (tertiary alicyclic amines) is 1. The second kappa shape index (κ2) is 9.56. The molecule has 0 N–H and O–H groups in total. The lowest BCUT2D eigenvalue weighted by Gasteiger charge is -2.49. The number of terminal acetylenes is 1. The first-order valence-electron chi connectivity index (χ1n) is 10.6. The summed E-state index contributed by atoms with van der Waals surface area (Å²) in [6.07, 6.45) is 15.4. The Kier molecular flexibility index (Phi) is 7.94. The molecule has 4 heteroatoms. The van der Waals surface area contributed by atoms with E-state index >= 15 is 0 Å². The molecular weight excluding hydrogens is 350 g/mol. The molecule has 0 spiro atoms. The van der Waals surface area contributed by atoms with Crippen molar-refractivity contribution in [1.82, 2.24) is 4.90 Å². The van der Waals surface area contributed by atoms with Gasteiger partial charge in [-0.2, -0.15) is 0 Å². The molecule has 0 amide bonds. The number of hydrogen-bond donors (Lipinski definition) is 0. The van der Waals surface area contributed by atoms with E-state index in [4.69, 9.17) is 15.6 Å². The first kappa shape index (κ1) is 22.4. The zero-order valence-corrected chi connectivity index (χ0v) is 19.3. The highest BCUT2D eigenvalue weighted by molar-refractivity contribution is 6.77. The minimum atomic E-state index is -2.10. The van der Waals surface area contributed by atoms with Gasteiger partial charge in [0, 0.05) is 13.0 Å². The van der Waals surface area contributed by atoms with Crippen LogP contribution in [0.1, 0.15) is 60.8 Å². The standard InChI is InChI=1S/C23H39NO2Si/c1-8-16-25-23(26-27(19(2)3,20(4)5)21(6)7)13-11-12-22(17-23)18-24-14-9-10-15-24/h1,11-13,19-21H,9-10,14-18H2,2-7H3. The maximum atomic E-state index is 7.12. The van der Waals surface area contributed by atoms with E-state index in [9.17, 15) is 0 Å². The van der Waals surface area contributed by atoms with Gasteiger partial charge >= 0.3 is 0 Å². The van der Waals surface area contributed by atoms with Crippen LogP contribution in [-0.4, -0.2) is 45.2 Å². The van der Waals surface area contributed by atoms with Gasteiger partial charge in [-0.1, -0.05) is 65.2 Å². The van der Waals surface area contributed by atoms with Gasteiger partial charge < -0.3 is 9.16 Å². The van der Waals surface area contributed by atoms with E-state index in [0.717, 1.165) is 13.0 Å². The third kappa shape index (κ3) is 5.15. The van der Waals surface area contributed by atoms with Crippen molar-refractivity contribution in [3.05, 3.63) is 23.8 Å². The van der Waals surface area contributed by atoms with Crippen LogP contribution < -0.4 is 0 Å². The molecule has 1 fully saturated rings. The predicted octanol–water partition coefficient (Wildman–Crippen LogP) is 5.51. The normalized spacial score (nSPS) is 24.1. The third-order valence-corrected chi connectivity index (χ3v) is 12.4. The van der Waals surface area contributed by atoms with E-state index in [0.29, 0.717) is 16.6 Å². The molecule has 0 radical (unpaired) electrons. The average Bonchev–Trinajstić information content (AvgIpc) is 3.10. The highest BCUT2D eigenvalue weighted by atomic mass is 28.4. The number of hydrogen-bond acceptors (Lipinski definition) is 3. The smallest absolute Gasteiger partial charge is 0.204 e. The van der Waals surface area contributed by atoms with Crippen LogP contribution in [0.5, 0.6) is 0 Å². The molecule has 1 aliphatic carbocycles. The first-order chi connectivity index (χ1) is 12.8. The molecular formula is C23H39NO2Si. The molecule has 0 aromatic rings. The molecule has 1 saturated heterocycles. The van der Waals surface area contributed by atoms with Crippen molar-refractivity contribution in [2.24, 2.45) is 0 Å². The van der Waals surface area contributed by atoms with E-state index < -0.39 is 14.1 Å². The fourth-order valence-electron chi connectivity index (χ4n) is 5.12. The van der Waals surface area contributed by atoms with Crippen LogP contribution in [0.15, 0.2) is 23.8 Å². The van der Waals surface area contributed by atoms with Crippen molar-refractivity contribution < 1.29 is 9.16 Å². The summed E-state index contributed by atoms with van der Waals surface area (Å²) in [5.41, 5.74) is 2.90. The highest BCUT2D eigenvalue weighted by Crippen LogP contribution is 2.47. The van der Waals surface area contributed by atoms with Gasteiger partial charge in [-0.05, 0) is 48.6 Å². The molecule has 1 atom stereocenters. The summed E-state index contributed by atoms with van der Waals surface area (Å²) < 4.78 is 13.4. The summed E-state index contributed by atoms with van der Waals surface area (Å²) in [5, 5.41) is 0. The van der Waals surface area contributed by atoms with Crippen LogP contribution in [0.25, 0.3) is 0 Å². The molecule has 0 saturated carbocycles. The second-order valence-corrected chi connectivity index (χ2v) is 14.4. The van der Waals surface area contributed by atoms with Crippen molar-refractivity contribution in [3.8, 4) is 12.3 Å². The maximum absolute atomic E-state index is 7.12. The predicted molar refractivity (Wildman–Crippen MR) is 117 cm³/mol. The molecule has 2 aliphatic rings. The van der Waals surface area contributed by atoms with Crippen LogP contribution >= 0.6 is 0 Å². The lowest BCUT2D eigenvalue weighted by molar-refractivity contribution is -0.147. The summed E-state index contributed by atoms with van der Waals surface area (Å²) in [5.74, 6) is 1.93. The van der Waals surface area contributed by atoms with Crippen molar-refractivity contribution in [3.63, 3.8) is 0 Å². The van der Waals surface area contributed by atoms with Gasteiger partial charge in [0.25, 0.3) is 0 Å². The van der Waals surface area contributed by atoms with Gasteiger partial charge in [-0.15, -0.1) is 6.42 Å². The Morgan fingerprint density at radius 3 is 2.22 bits per heavy atom. The molecule has 27 heavy (non-hydrogen) atoms. The van der Waals surface area contributed by atoms with E-state index in [2.05, 4.69) is 70.6 Å². The molecule has 1 aliphatic heterocycles. The summed E-state index contributed by atoms with van der Waals surface area (Å²) in [6.45, 7) is 17.6. The Labute approximate surface area is 168 Å². The van der Waals surface area contributed by atoms with Gasteiger partial charge in [0.2, 0.25) is 8.32 Å². The highest BCUT2D eigenvalue weighted by Gasteiger charge is 2.51. The molecule has 1 unspecified atom stereocenters. The van der Waals surface area contributed by atoms with E-state index in [1.807, 2.05) is 0 Å². The van der Waals surface area contributed by atoms with Crippen LogP contribution in [0.3, 0.4) is 0 Å². The Bertz CT molecular complexity index is 560. The van der Waals surface area contributed by atoms with Gasteiger partial charge in [0.15, 0.2) is 5.79 Å². The van der Waals surface area contributed by atoms with Gasteiger partial charge in [-0.3, -0.25) is 4.90 Å². The molecule has 2 rings (SSSR count). The zero-order chi connectivity index (χ0) is 20.1. The Hall–Kier alpha value is -0.863. The van der Waals surface area contributed by atoms with Crippen molar-refractivity contribution >= 4 is 8.32 Å². The van der Waals surface area contributed by atoms with E-state index in [1.165, 1.54) is 31.5 Å². The number of allylic oxidation sites excluding steroid dienone is 2. The number of ether oxygens (including phenoxy) is 1. The quantitative estimate of drug-likeness (QED) is 0.295. The molecule has 3 nitrogen and oxygen atoms in total. The first-order valence-corrected chi connectivity index (χ1v) is 12.8. The SMILES string of the molecule is C#CCOC1(O[Si](C(C)C)(C(C)C)C(C)C)C=CC=C(CN2CCCC2)C1. The van der Waals surface area contributed by atoms with Gasteiger partial charge in [-0.25, -0.2) is 0 Å². The third-order valence-electron chi connectivity index (χ3n) is 6.24. The summed E-state index contributed by atoms with van der Waals surface area (Å²) >= 11 is 0. The zero-order valence-electron chi connectivity index (χ0n) is 18.3. The van der Waals surface area contributed by atoms with E-state index in [1.54, 1.807) is 0 Å². The molecule has 1 heterocycles. The number of nitrogens with zero attached hydrogens (tertiary/aromatic N) is 1. The van der Waals surface area contributed by atoms with Gasteiger partial charge in [0.1, 0.15) is 6.61 Å². The topological polar surface area (TPSA) is 21.7 Å². The molecule has 152 valence electrons. The Morgan fingerprint density at radius 2 is 1.70 bits per heavy atom. The fraction of sp³-hybridized carbons (Fsp3) is 0.739. The lowest BCUT2D eigenvalue weighted by atomic mass is 9.99. The van der Waals surface area contributed by atoms with Gasteiger partial charge in [0.05, 0.1) is 0 Å². The van der Waals surface area contributed by atoms with Crippen LogP contribution in [0.2, 0.25) is 16.6 Å². The van der Waals surface area contributed by atoms with Crippen molar-refractivity contribution in [2.75, 3.05) is 26.2 Å². The van der Waals surface area contributed by atoms with E-state index in [-0.39, 0.29) is 6.61 Å². The maximum Gasteiger partial charge on any atom is 0.204 e. The van der Waals surface area contributed by atoms with Crippen LogP contribution in [0, 0.1) is 12.3 Å². The van der Waals surface area contributed by atoms with Crippen LogP contribution in [0.4, 0.5) is 0 Å². The molecule has 0 aromatic carbocycles. The van der Waals surface area contributed by atoms with Crippen LogP contribution in [-0.2, 0) is 9.16 Å². The molecule has 0 aromatic heterocycles. The second-order valence-electron chi connectivity index (χ2n) is 9.07. The van der Waals surface area contributed by atoms with Crippen molar-refractivity contribution in [1.29, 1.82) is 0 Å². The summed E-state index contributed by atoms with van der Waals surface area (Å²) in [6, 6.07) is 0. The summed E-state index contributed by atoms with van der Waals surface area (Å²) in [7, 11) is -2.10. The molecule has 0 bridgehead atoms. The Balaban J connectivity index is 2.29. The lowest BCUT2D eigenvalue weighted by Crippen LogP contribution is -2.55. The largest absolute Gasteiger partial charge is 0.386 e. The monoisotopic (exact) mass is 389 g/mol. The minimum Gasteiger partial charge on any atom is -0.386 e. The minimum absolute atomic E-state index is 0.278. The van der Waals surface area contributed by atoms with Crippen molar-refractivity contribution in [2.45, 2.75) is 83.2 Å². The average molecular weight is 390 g/mol. The number of rotatable bonds is 9.